The minimum absolute atomic E-state index is 0.0740. The van der Waals surface area contributed by atoms with Gasteiger partial charge in [0.15, 0.2) is 0 Å². The quantitative estimate of drug-likeness (QED) is 0.477. The number of hydrogen-bond donors (Lipinski definition) is 2. The zero-order valence-corrected chi connectivity index (χ0v) is 16.7. The zero-order chi connectivity index (χ0) is 20.3. The van der Waals surface area contributed by atoms with Crippen LogP contribution in [0.15, 0.2) is 42.1 Å². The highest BCUT2D eigenvalue weighted by atomic mass is 16.6. The van der Waals surface area contributed by atoms with Crippen molar-refractivity contribution in [3.63, 3.8) is 0 Å². The standard InChI is InChI=1S/C21H31NO5/c1-16(9-8-14-21(2,3)25)12-13-18(19(23)26-4)22-20(24)27-15-17-10-6-5-7-11-17/h5-7,10-11,13,16,25H,8-9,12,14-15H2,1-4H3,(H,22,24)/b18-13-. The molecule has 6 heteroatoms. The molecule has 0 aromatic heterocycles. The van der Waals surface area contributed by atoms with E-state index >= 15 is 0 Å². The van der Waals surface area contributed by atoms with Crippen LogP contribution >= 0.6 is 0 Å². The third-order valence-corrected chi connectivity index (χ3v) is 4.06. The lowest BCUT2D eigenvalue weighted by Crippen LogP contribution is -2.28. The summed E-state index contributed by atoms with van der Waals surface area (Å²) >= 11 is 0. The molecule has 0 fully saturated rings. The average Bonchev–Trinajstić information content (AvgIpc) is 2.62. The second-order valence-electron chi connectivity index (χ2n) is 7.34. The Morgan fingerprint density at radius 1 is 1.26 bits per heavy atom. The summed E-state index contributed by atoms with van der Waals surface area (Å²) in [5.74, 6) is -0.315. The van der Waals surface area contributed by atoms with Gasteiger partial charge in [0.2, 0.25) is 0 Å². The fourth-order valence-corrected chi connectivity index (χ4v) is 2.48. The summed E-state index contributed by atoms with van der Waals surface area (Å²) in [4.78, 5) is 23.9. The first-order valence-corrected chi connectivity index (χ1v) is 9.20. The molecule has 0 aliphatic heterocycles. The highest BCUT2D eigenvalue weighted by Gasteiger charge is 2.16. The maximum atomic E-state index is 12.0. The smallest absolute Gasteiger partial charge is 0.412 e. The Morgan fingerprint density at radius 3 is 2.52 bits per heavy atom. The van der Waals surface area contributed by atoms with Gasteiger partial charge in [-0.05, 0) is 38.2 Å². The first-order chi connectivity index (χ1) is 12.7. The van der Waals surface area contributed by atoms with Crippen LogP contribution in [0.25, 0.3) is 0 Å². The number of allylic oxidation sites excluding steroid dienone is 1. The molecule has 1 amide bonds. The number of hydrogen-bond acceptors (Lipinski definition) is 5. The van der Waals surface area contributed by atoms with Gasteiger partial charge in [-0.15, -0.1) is 0 Å². The number of esters is 1. The average molecular weight is 377 g/mol. The summed E-state index contributed by atoms with van der Waals surface area (Å²) in [7, 11) is 1.26. The summed E-state index contributed by atoms with van der Waals surface area (Å²) in [6.07, 6.45) is 4.07. The molecule has 1 unspecified atom stereocenters. The van der Waals surface area contributed by atoms with Crippen LogP contribution in [0.4, 0.5) is 4.79 Å². The van der Waals surface area contributed by atoms with E-state index in [0.29, 0.717) is 12.3 Å². The molecule has 0 bridgehead atoms. The van der Waals surface area contributed by atoms with Crippen LogP contribution in [0.1, 0.15) is 52.0 Å². The van der Waals surface area contributed by atoms with Crippen LogP contribution in [0.2, 0.25) is 0 Å². The van der Waals surface area contributed by atoms with Crippen molar-refractivity contribution in [1.29, 1.82) is 0 Å². The van der Waals surface area contributed by atoms with Crippen molar-refractivity contribution < 1.29 is 24.2 Å². The van der Waals surface area contributed by atoms with Crippen LogP contribution in [0, 0.1) is 5.92 Å². The summed E-state index contributed by atoms with van der Waals surface area (Å²) in [5, 5.41) is 12.2. The van der Waals surface area contributed by atoms with Crippen molar-refractivity contribution >= 4 is 12.1 Å². The van der Waals surface area contributed by atoms with Crippen LogP contribution in [0.3, 0.4) is 0 Å². The number of carbonyl (C=O) groups excluding carboxylic acids is 2. The van der Waals surface area contributed by atoms with Gasteiger partial charge >= 0.3 is 12.1 Å². The molecule has 1 aromatic rings. The van der Waals surface area contributed by atoms with E-state index in [0.717, 1.165) is 24.8 Å². The first-order valence-electron chi connectivity index (χ1n) is 9.20. The molecule has 1 atom stereocenters. The van der Waals surface area contributed by atoms with Gasteiger partial charge in [-0.1, -0.05) is 56.2 Å². The zero-order valence-electron chi connectivity index (χ0n) is 16.7. The minimum Gasteiger partial charge on any atom is -0.464 e. The number of benzene rings is 1. The molecule has 27 heavy (non-hydrogen) atoms. The predicted molar refractivity (Wildman–Crippen MR) is 104 cm³/mol. The van der Waals surface area contributed by atoms with Crippen molar-refractivity contribution in [1.82, 2.24) is 5.32 Å². The Kier molecular flexibility index (Phi) is 9.58. The van der Waals surface area contributed by atoms with Crippen molar-refractivity contribution in [2.45, 2.75) is 58.7 Å². The number of nitrogens with one attached hydrogen (secondary N) is 1. The monoisotopic (exact) mass is 377 g/mol. The van der Waals surface area contributed by atoms with E-state index < -0.39 is 17.7 Å². The van der Waals surface area contributed by atoms with Gasteiger partial charge < -0.3 is 14.6 Å². The number of amides is 1. The lowest BCUT2D eigenvalue weighted by molar-refractivity contribution is -0.136. The van der Waals surface area contributed by atoms with Gasteiger partial charge in [-0.2, -0.15) is 0 Å². The van der Waals surface area contributed by atoms with Crippen molar-refractivity contribution in [3.05, 3.63) is 47.7 Å². The second-order valence-corrected chi connectivity index (χ2v) is 7.34. The normalized spacial score (nSPS) is 13.0. The van der Waals surface area contributed by atoms with Crippen molar-refractivity contribution in [3.8, 4) is 0 Å². The van der Waals surface area contributed by atoms with Gasteiger partial charge in [0.25, 0.3) is 0 Å². The summed E-state index contributed by atoms with van der Waals surface area (Å²) in [6, 6.07) is 9.29. The molecule has 0 saturated carbocycles. The van der Waals surface area contributed by atoms with Crippen LogP contribution < -0.4 is 5.32 Å². The lowest BCUT2D eigenvalue weighted by atomic mass is 9.95. The van der Waals surface area contributed by atoms with E-state index in [4.69, 9.17) is 9.47 Å². The minimum atomic E-state index is -0.704. The Bertz CT molecular complexity index is 619. The van der Waals surface area contributed by atoms with E-state index in [1.165, 1.54) is 7.11 Å². The van der Waals surface area contributed by atoms with Crippen LogP contribution in [0.5, 0.6) is 0 Å². The van der Waals surface area contributed by atoms with E-state index in [2.05, 4.69) is 12.2 Å². The molecular formula is C21H31NO5. The van der Waals surface area contributed by atoms with Crippen molar-refractivity contribution in [2.75, 3.05) is 7.11 Å². The SMILES string of the molecule is COC(=O)/C(=C/CC(C)CCCC(C)(C)O)NC(=O)OCc1ccccc1. The van der Waals surface area contributed by atoms with Crippen LogP contribution in [-0.4, -0.2) is 29.9 Å². The Hall–Kier alpha value is -2.34. The molecule has 0 saturated heterocycles. The number of ether oxygens (including phenoxy) is 2. The number of carbonyl (C=O) groups is 2. The lowest BCUT2D eigenvalue weighted by Gasteiger charge is -2.18. The highest BCUT2D eigenvalue weighted by molar-refractivity contribution is 5.92. The molecule has 0 aliphatic rings. The molecule has 1 aromatic carbocycles. The fourth-order valence-electron chi connectivity index (χ4n) is 2.48. The molecule has 2 N–H and O–H groups in total. The molecular weight excluding hydrogens is 346 g/mol. The number of rotatable bonds is 10. The maximum Gasteiger partial charge on any atom is 0.412 e. The van der Waals surface area contributed by atoms with E-state index in [1.807, 2.05) is 30.3 Å². The predicted octanol–water partition coefficient (Wildman–Crippen LogP) is 3.94. The number of aliphatic hydroxyl groups is 1. The van der Waals surface area contributed by atoms with E-state index in [-0.39, 0.29) is 12.3 Å². The van der Waals surface area contributed by atoms with Gasteiger partial charge in [0.1, 0.15) is 12.3 Å². The van der Waals surface area contributed by atoms with Gasteiger partial charge in [0, 0.05) is 0 Å². The molecule has 1 rings (SSSR count). The van der Waals surface area contributed by atoms with Gasteiger partial charge in [-0.25, -0.2) is 9.59 Å². The largest absolute Gasteiger partial charge is 0.464 e. The Morgan fingerprint density at radius 2 is 1.93 bits per heavy atom. The molecule has 0 radical (unpaired) electrons. The molecule has 6 nitrogen and oxygen atoms in total. The number of methoxy groups -OCH3 is 1. The van der Waals surface area contributed by atoms with Gasteiger partial charge in [-0.3, -0.25) is 5.32 Å². The van der Waals surface area contributed by atoms with E-state index in [9.17, 15) is 14.7 Å². The van der Waals surface area contributed by atoms with Crippen LogP contribution in [-0.2, 0) is 20.9 Å². The topological polar surface area (TPSA) is 84.9 Å². The van der Waals surface area contributed by atoms with Gasteiger partial charge in [0.05, 0.1) is 12.7 Å². The highest BCUT2D eigenvalue weighted by Crippen LogP contribution is 2.18. The summed E-state index contributed by atoms with van der Waals surface area (Å²) < 4.78 is 9.86. The Labute approximate surface area is 161 Å². The number of alkyl carbamates (subject to hydrolysis) is 1. The first kappa shape index (κ1) is 22.7. The third kappa shape index (κ3) is 10.4. The maximum absolute atomic E-state index is 12.0. The third-order valence-electron chi connectivity index (χ3n) is 4.06. The summed E-state index contributed by atoms with van der Waals surface area (Å²) in [5.41, 5.74) is 0.262. The van der Waals surface area contributed by atoms with E-state index in [1.54, 1.807) is 19.9 Å². The molecule has 150 valence electrons. The second kappa shape index (κ2) is 11.4. The van der Waals surface area contributed by atoms with Crippen molar-refractivity contribution in [2.24, 2.45) is 5.92 Å². The molecule has 0 heterocycles. The summed E-state index contributed by atoms with van der Waals surface area (Å²) in [6.45, 7) is 5.76. The Balaban J connectivity index is 2.52. The fraction of sp³-hybridized carbons (Fsp3) is 0.524. The molecule has 0 spiro atoms. The molecule has 0 aliphatic carbocycles.